The van der Waals surface area contributed by atoms with E-state index in [1.807, 2.05) is 6.07 Å². The Morgan fingerprint density at radius 2 is 2.10 bits per heavy atom. The first kappa shape index (κ1) is 14.3. The summed E-state index contributed by atoms with van der Waals surface area (Å²) in [4.78, 5) is 24.8. The number of aromatic nitrogens is 1. The monoisotopic (exact) mass is 284 g/mol. The number of aromatic amines is 1. The molecule has 0 bridgehead atoms. The number of carboxylic acid groups (broad SMARTS) is 1. The fourth-order valence-electron chi connectivity index (χ4n) is 1.94. The Labute approximate surface area is 120 Å². The van der Waals surface area contributed by atoms with Crippen LogP contribution >= 0.6 is 0 Å². The first-order chi connectivity index (χ1) is 10.0. The van der Waals surface area contributed by atoms with E-state index in [4.69, 9.17) is 15.1 Å². The molecule has 0 spiro atoms. The van der Waals surface area contributed by atoms with Crippen molar-refractivity contribution in [3.63, 3.8) is 0 Å². The fraction of sp³-hybridized carbons (Fsp3) is 0.133. The number of ether oxygens (including phenoxy) is 1. The van der Waals surface area contributed by atoms with E-state index in [1.54, 1.807) is 31.2 Å². The van der Waals surface area contributed by atoms with Gasteiger partial charge in [-0.2, -0.15) is 5.26 Å². The van der Waals surface area contributed by atoms with Crippen LogP contribution in [0.1, 0.15) is 11.3 Å². The van der Waals surface area contributed by atoms with Crippen LogP contribution in [0.2, 0.25) is 0 Å². The molecule has 6 nitrogen and oxygen atoms in total. The highest BCUT2D eigenvalue weighted by molar-refractivity contribution is 5.74. The smallest absolute Gasteiger partial charge is 0.341 e. The fourth-order valence-corrected chi connectivity index (χ4v) is 1.94. The third-order valence-electron chi connectivity index (χ3n) is 2.89. The molecule has 1 heterocycles. The quantitative estimate of drug-likeness (QED) is 0.889. The van der Waals surface area contributed by atoms with E-state index < -0.39 is 18.1 Å². The highest BCUT2D eigenvalue weighted by Crippen LogP contribution is 2.31. The minimum atomic E-state index is -1.08. The highest BCUT2D eigenvalue weighted by atomic mass is 16.5. The lowest BCUT2D eigenvalue weighted by molar-refractivity contribution is -0.139. The Morgan fingerprint density at radius 1 is 1.38 bits per heavy atom. The summed E-state index contributed by atoms with van der Waals surface area (Å²) in [5.74, 6) is -0.709. The molecule has 0 atom stereocenters. The molecule has 1 aromatic carbocycles. The second-order valence-corrected chi connectivity index (χ2v) is 4.34. The van der Waals surface area contributed by atoms with Gasteiger partial charge in [0.15, 0.2) is 6.61 Å². The van der Waals surface area contributed by atoms with Crippen LogP contribution in [-0.4, -0.2) is 22.7 Å². The first-order valence-electron chi connectivity index (χ1n) is 6.11. The van der Waals surface area contributed by atoms with Crippen molar-refractivity contribution in [2.45, 2.75) is 6.92 Å². The van der Waals surface area contributed by atoms with Crippen LogP contribution in [0.4, 0.5) is 0 Å². The summed E-state index contributed by atoms with van der Waals surface area (Å²) in [6, 6.07) is 10.1. The molecule has 0 fully saturated rings. The van der Waals surface area contributed by atoms with E-state index in [0.717, 1.165) is 0 Å². The number of nitrogens with zero attached hydrogens (tertiary/aromatic N) is 1. The summed E-state index contributed by atoms with van der Waals surface area (Å²) < 4.78 is 5.24. The Morgan fingerprint density at radius 3 is 2.76 bits per heavy atom. The summed E-state index contributed by atoms with van der Waals surface area (Å²) in [7, 11) is 0. The SMILES string of the molecule is Cc1[nH]c(=O)c(C#N)cc1-c1ccccc1OCC(=O)O. The number of hydrogen-bond acceptors (Lipinski definition) is 4. The van der Waals surface area contributed by atoms with Crippen molar-refractivity contribution in [1.29, 1.82) is 5.26 Å². The second-order valence-electron chi connectivity index (χ2n) is 4.34. The van der Waals surface area contributed by atoms with Gasteiger partial charge < -0.3 is 14.8 Å². The number of rotatable bonds is 4. The molecule has 0 saturated carbocycles. The van der Waals surface area contributed by atoms with Gasteiger partial charge >= 0.3 is 5.97 Å². The van der Waals surface area contributed by atoms with Gasteiger partial charge in [-0.3, -0.25) is 4.79 Å². The van der Waals surface area contributed by atoms with Crippen LogP contribution in [0.5, 0.6) is 5.75 Å². The van der Waals surface area contributed by atoms with Crippen LogP contribution in [-0.2, 0) is 4.79 Å². The lowest BCUT2D eigenvalue weighted by Crippen LogP contribution is -2.13. The van der Waals surface area contributed by atoms with Crippen molar-refractivity contribution in [3.8, 4) is 22.9 Å². The number of para-hydroxylation sites is 1. The molecule has 2 rings (SSSR count). The van der Waals surface area contributed by atoms with Gasteiger partial charge in [-0.25, -0.2) is 4.79 Å². The minimum Gasteiger partial charge on any atom is -0.481 e. The number of aryl methyl sites for hydroxylation is 1. The van der Waals surface area contributed by atoms with Crippen LogP contribution in [0.3, 0.4) is 0 Å². The Balaban J connectivity index is 2.55. The van der Waals surface area contributed by atoms with E-state index >= 15 is 0 Å². The van der Waals surface area contributed by atoms with Crippen LogP contribution < -0.4 is 10.3 Å². The van der Waals surface area contributed by atoms with Gasteiger partial charge in [0, 0.05) is 16.8 Å². The van der Waals surface area contributed by atoms with Gasteiger partial charge in [-0.1, -0.05) is 18.2 Å². The van der Waals surface area contributed by atoms with Crippen molar-refractivity contribution in [2.75, 3.05) is 6.61 Å². The van der Waals surface area contributed by atoms with Crippen molar-refractivity contribution < 1.29 is 14.6 Å². The van der Waals surface area contributed by atoms with Crippen LogP contribution in [0.25, 0.3) is 11.1 Å². The van der Waals surface area contributed by atoms with Gasteiger partial charge in [0.25, 0.3) is 5.56 Å². The molecule has 2 N–H and O–H groups in total. The number of carbonyl (C=O) groups is 1. The molecule has 0 aliphatic heterocycles. The van der Waals surface area contributed by atoms with E-state index in [2.05, 4.69) is 4.98 Å². The zero-order valence-electron chi connectivity index (χ0n) is 11.2. The molecule has 0 amide bonds. The van der Waals surface area contributed by atoms with Gasteiger partial charge in [0.05, 0.1) is 0 Å². The number of benzene rings is 1. The van der Waals surface area contributed by atoms with E-state index in [9.17, 15) is 9.59 Å². The molecular weight excluding hydrogens is 272 g/mol. The Bertz CT molecular complexity index is 787. The number of carboxylic acids is 1. The van der Waals surface area contributed by atoms with E-state index in [0.29, 0.717) is 22.6 Å². The predicted molar refractivity (Wildman–Crippen MR) is 75.1 cm³/mol. The molecule has 1 aromatic heterocycles. The number of H-pyrrole nitrogens is 1. The molecule has 0 saturated heterocycles. The summed E-state index contributed by atoms with van der Waals surface area (Å²) in [6.07, 6.45) is 0. The maximum atomic E-state index is 11.6. The zero-order chi connectivity index (χ0) is 15.4. The number of nitriles is 1. The summed E-state index contributed by atoms with van der Waals surface area (Å²) in [6.45, 7) is 1.23. The molecule has 21 heavy (non-hydrogen) atoms. The zero-order valence-corrected chi connectivity index (χ0v) is 11.2. The molecule has 0 unspecified atom stereocenters. The minimum absolute atomic E-state index is 0.0105. The van der Waals surface area contributed by atoms with Gasteiger partial charge in [-0.05, 0) is 19.1 Å². The number of aliphatic carboxylic acids is 1. The Hall–Kier alpha value is -3.07. The van der Waals surface area contributed by atoms with Crippen molar-refractivity contribution >= 4 is 5.97 Å². The van der Waals surface area contributed by atoms with Crippen molar-refractivity contribution in [1.82, 2.24) is 4.98 Å². The third kappa shape index (κ3) is 3.09. The maximum absolute atomic E-state index is 11.6. The molecule has 0 radical (unpaired) electrons. The Kier molecular flexibility index (Phi) is 4.05. The standard InChI is InChI=1S/C15H12N2O4/c1-9-12(6-10(7-16)15(20)17-9)11-4-2-3-5-13(11)21-8-14(18)19/h2-6H,8H2,1H3,(H,17,20)(H,18,19). The second kappa shape index (κ2) is 5.92. The largest absolute Gasteiger partial charge is 0.481 e. The van der Waals surface area contributed by atoms with Crippen molar-refractivity contribution in [3.05, 3.63) is 51.9 Å². The number of pyridine rings is 1. The molecule has 106 valence electrons. The highest BCUT2D eigenvalue weighted by Gasteiger charge is 2.12. The molecule has 0 aliphatic rings. The lowest BCUT2D eigenvalue weighted by Gasteiger charge is -2.12. The van der Waals surface area contributed by atoms with Crippen LogP contribution in [0.15, 0.2) is 35.1 Å². The van der Waals surface area contributed by atoms with E-state index in [-0.39, 0.29) is 5.56 Å². The average molecular weight is 284 g/mol. The summed E-state index contributed by atoms with van der Waals surface area (Å²) in [5, 5.41) is 17.6. The van der Waals surface area contributed by atoms with E-state index in [1.165, 1.54) is 6.07 Å². The predicted octanol–water partition coefficient (Wildman–Crippen LogP) is 1.69. The van der Waals surface area contributed by atoms with Gasteiger partial charge in [-0.15, -0.1) is 0 Å². The van der Waals surface area contributed by atoms with Gasteiger partial charge in [0.2, 0.25) is 0 Å². The third-order valence-corrected chi connectivity index (χ3v) is 2.89. The normalized spacial score (nSPS) is 9.90. The lowest BCUT2D eigenvalue weighted by atomic mass is 10.0. The van der Waals surface area contributed by atoms with Crippen molar-refractivity contribution in [2.24, 2.45) is 0 Å². The molecular formula is C15H12N2O4. The molecule has 0 aliphatic carbocycles. The molecule has 6 heteroatoms. The maximum Gasteiger partial charge on any atom is 0.341 e. The summed E-state index contributed by atoms with van der Waals surface area (Å²) in [5.41, 5.74) is 1.34. The summed E-state index contributed by atoms with van der Waals surface area (Å²) >= 11 is 0. The average Bonchev–Trinajstić information content (AvgIpc) is 2.46. The first-order valence-corrected chi connectivity index (χ1v) is 6.11. The van der Waals surface area contributed by atoms with Gasteiger partial charge in [0.1, 0.15) is 17.4 Å². The number of hydrogen-bond donors (Lipinski definition) is 2. The van der Waals surface area contributed by atoms with Crippen LogP contribution in [0, 0.1) is 18.3 Å². The number of nitrogens with one attached hydrogen (secondary N) is 1. The topological polar surface area (TPSA) is 103 Å². The molecule has 2 aromatic rings.